The Morgan fingerprint density at radius 2 is 1.84 bits per heavy atom. The Balaban J connectivity index is 1.84. The zero-order valence-corrected chi connectivity index (χ0v) is 16.9. The number of rotatable bonds is 11. The van der Waals surface area contributed by atoms with Crippen LogP contribution in [0.5, 0.6) is 0 Å². The maximum atomic E-state index is 11.9. The van der Waals surface area contributed by atoms with E-state index >= 15 is 0 Å². The molecule has 1 heterocycles. The van der Waals surface area contributed by atoms with Crippen molar-refractivity contribution in [2.75, 3.05) is 0 Å². The number of hydrogen-bond donors (Lipinski definition) is 0. The average molecular weight is 455 g/mol. The molecule has 0 N–H and O–H groups in total. The van der Waals surface area contributed by atoms with Gasteiger partial charge in [0.15, 0.2) is 0 Å². The summed E-state index contributed by atoms with van der Waals surface area (Å²) in [6.07, 6.45) is 10.7. The van der Waals surface area contributed by atoms with E-state index in [2.05, 4.69) is 16.9 Å². The van der Waals surface area contributed by atoms with Gasteiger partial charge in [0.25, 0.3) is 0 Å². The van der Waals surface area contributed by atoms with Gasteiger partial charge in [-0.3, -0.25) is 0 Å². The van der Waals surface area contributed by atoms with Crippen molar-refractivity contribution in [1.82, 2.24) is 0 Å². The molecular weight excluding hydrogens is 429 g/mol. The van der Waals surface area contributed by atoms with Gasteiger partial charge in [-0.25, -0.2) is 0 Å². The quantitative estimate of drug-likeness (QED) is 0.117. The molecule has 0 spiro atoms. The van der Waals surface area contributed by atoms with Crippen molar-refractivity contribution in [3.8, 4) is 0 Å². The molecule has 1 aliphatic heterocycles. The number of unbranched alkanes of at least 4 members (excludes halogenated alkanes) is 7. The van der Waals surface area contributed by atoms with Crippen LogP contribution in [0.3, 0.4) is 0 Å². The number of azide groups is 1. The second-order valence-corrected chi connectivity index (χ2v) is 9.93. The molecule has 0 saturated carbocycles. The molecule has 1 aromatic carbocycles. The number of fused-ring (bicyclic) bond motifs is 1. The summed E-state index contributed by atoms with van der Waals surface area (Å²) in [5.74, 6) is -0.246. The zero-order valence-electron chi connectivity index (χ0n) is 14.8. The monoisotopic (exact) mass is 455 g/mol. The standard InChI is InChI=1S/C19H26IN3O2/c1-2-3-4-5-6-7-8-9-12-16(22-23-21)15-20-18-14-11-10-13-17(18)19(24)25-20/h10-11,13-15H,2-9,12H2,1H3/b16-15-. The summed E-state index contributed by atoms with van der Waals surface area (Å²) in [5.41, 5.74) is 10.2. The molecule has 5 nitrogen and oxygen atoms in total. The fourth-order valence-corrected chi connectivity index (χ4v) is 6.76. The Hall–Kier alpha value is -1.53. The van der Waals surface area contributed by atoms with E-state index in [0.717, 1.165) is 28.5 Å². The zero-order chi connectivity index (χ0) is 17.9. The Labute approximate surface area is 157 Å². The Kier molecular flexibility index (Phi) is 8.83. The molecule has 0 amide bonds. The first-order chi connectivity index (χ1) is 12.3. The molecule has 0 bridgehead atoms. The summed E-state index contributed by atoms with van der Waals surface area (Å²) in [4.78, 5) is 14.8. The van der Waals surface area contributed by atoms with Gasteiger partial charge in [0.05, 0.1) is 0 Å². The molecule has 25 heavy (non-hydrogen) atoms. The van der Waals surface area contributed by atoms with Crippen molar-refractivity contribution in [2.45, 2.75) is 64.7 Å². The second kappa shape index (κ2) is 11.2. The molecule has 136 valence electrons. The molecule has 0 unspecified atom stereocenters. The molecular formula is C19H26IN3O2. The van der Waals surface area contributed by atoms with Gasteiger partial charge in [-0.05, 0) is 0 Å². The van der Waals surface area contributed by atoms with Gasteiger partial charge in [-0.1, -0.05) is 0 Å². The van der Waals surface area contributed by atoms with Crippen molar-refractivity contribution in [2.24, 2.45) is 5.11 Å². The van der Waals surface area contributed by atoms with Crippen LogP contribution < -0.4 is 0 Å². The fourth-order valence-electron chi connectivity index (χ4n) is 2.77. The minimum absolute atomic E-state index is 0.246. The van der Waals surface area contributed by atoms with Crippen LogP contribution in [0.1, 0.15) is 75.1 Å². The number of hydrogen-bond acceptors (Lipinski definition) is 3. The molecule has 0 aromatic heterocycles. The van der Waals surface area contributed by atoms with Gasteiger partial charge in [-0.2, -0.15) is 0 Å². The van der Waals surface area contributed by atoms with Crippen LogP contribution in [0.2, 0.25) is 0 Å². The van der Waals surface area contributed by atoms with Crippen LogP contribution in [-0.4, -0.2) is 5.97 Å². The van der Waals surface area contributed by atoms with E-state index in [1.165, 1.54) is 38.5 Å². The number of benzene rings is 1. The van der Waals surface area contributed by atoms with E-state index in [4.69, 9.17) is 8.60 Å². The van der Waals surface area contributed by atoms with E-state index in [9.17, 15) is 4.79 Å². The van der Waals surface area contributed by atoms with Crippen molar-refractivity contribution in [3.63, 3.8) is 0 Å². The molecule has 0 aliphatic carbocycles. The predicted molar refractivity (Wildman–Crippen MR) is 109 cm³/mol. The first kappa shape index (κ1) is 19.8. The van der Waals surface area contributed by atoms with Crippen LogP contribution in [-0.2, 0) is 3.07 Å². The molecule has 0 radical (unpaired) electrons. The van der Waals surface area contributed by atoms with Gasteiger partial charge in [-0.15, -0.1) is 0 Å². The van der Waals surface area contributed by atoms with E-state index in [0.29, 0.717) is 5.56 Å². The fraction of sp³-hybridized carbons (Fsp3) is 0.526. The number of allylic oxidation sites excluding steroid dienone is 1. The topological polar surface area (TPSA) is 75.1 Å². The Bertz CT molecular complexity index is 654. The van der Waals surface area contributed by atoms with E-state index in [1.807, 2.05) is 22.3 Å². The molecule has 1 aliphatic rings. The van der Waals surface area contributed by atoms with Crippen molar-refractivity contribution in [1.29, 1.82) is 0 Å². The number of carbonyl (C=O) groups excluding carboxylic acids is 1. The molecule has 2 rings (SSSR count). The maximum absolute atomic E-state index is 11.9. The number of carbonyl (C=O) groups is 1. The first-order valence-corrected chi connectivity index (χ1v) is 12.2. The van der Waals surface area contributed by atoms with E-state index in [1.54, 1.807) is 6.07 Å². The van der Waals surface area contributed by atoms with Gasteiger partial charge >= 0.3 is 158 Å². The first-order valence-electron chi connectivity index (χ1n) is 9.02. The third-order valence-corrected chi connectivity index (χ3v) is 8.38. The van der Waals surface area contributed by atoms with Gasteiger partial charge in [0.2, 0.25) is 0 Å². The normalized spacial score (nSPS) is 14.8. The van der Waals surface area contributed by atoms with Crippen molar-refractivity contribution in [3.05, 3.63) is 53.6 Å². The predicted octanol–water partition coefficient (Wildman–Crippen LogP) is 7.13. The molecule has 0 atom stereocenters. The molecule has 0 saturated heterocycles. The van der Waals surface area contributed by atoms with Crippen molar-refractivity contribution < 1.29 is 7.86 Å². The second-order valence-electron chi connectivity index (χ2n) is 6.13. The summed E-state index contributed by atoms with van der Waals surface area (Å²) >= 11 is -2.18. The van der Waals surface area contributed by atoms with Crippen LogP contribution in [0.4, 0.5) is 0 Å². The summed E-state index contributed by atoms with van der Waals surface area (Å²) in [6.45, 7) is 2.23. The summed E-state index contributed by atoms with van der Waals surface area (Å²) in [6, 6.07) is 7.52. The Morgan fingerprint density at radius 3 is 2.56 bits per heavy atom. The van der Waals surface area contributed by atoms with Gasteiger partial charge in [0.1, 0.15) is 0 Å². The van der Waals surface area contributed by atoms with Crippen LogP contribution in [0.15, 0.2) is 39.2 Å². The molecule has 1 aromatic rings. The third kappa shape index (κ3) is 6.36. The van der Waals surface area contributed by atoms with Gasteiger partial charge in [0, 0.05) is 0 Å². The number of halogens is 1. The summed E-state index contributed by atoms with van der Waals surface area (Å²) in [5, 5.41) is 3.83. The van der Waals surface area contributed by atoms with Crippen molar-refractivity contribution >= 4 is 26.2 Å². The van der Waals surface area contributed by atoms with Gasteiger partial charge < -0.3 is 0 Å². The summed E-state index contributed by atoms with van der Waals surface area (Å²) in [7, 11) is 0. The average Bonchev–Trinajstić information content (AvgIpc) is 2.93. The summed E-state index contributed by atoms with van der Waals surface area (Å²) < 4.78 is 8.49. The third-order valence-electron chi connectivity index (χ3n) is 4.13. The minimum atomic E-state index is -2.18. The number of nitrogens with zero attached hydrogens (tertiary/aromatic N) is 3. The van der Waals surface area contributed by atoms with Crippen LogP contribution in [0.25, 0.3) is 10.4 Å². The molecule has 6 heteroatoms. The van der Waals surface area contributed by atoms with Crippen LogP contribution in [0, 0.1) is 3.57 Å². The van der Waals surface area contributed by atoms with Crippen LogP contribution >= 0.6 is 20.2 Å². The Morgan fingerprint density at radius 1 is 1.16 bits per heavy atom. The van der Waals surface area contributed by atoms with E-state index in [-0.39, 0.29) is 5.97 Å². The SMILES string of the molecule is CCCCCCCCCC/C(=C/I1OC(=O)c2ccccc21)N=[N+]=[N-]. The van der Waals surface area contributed by atoms with E-state index < -0.39 is 20.2 Å². The molecule has 0 fully saturated rings.